The smallest absolute Gasteiger partial charge is 0.326 e. The molecule has 0 bridgehead atoms. The summed E-state index contributed by atoms with van der Waals surface area (Å²) in [5.74, 6) is -0.595. The number of aryl methyl sites for hydroxylation is 1. The van der Waals surface area contributed by atoms with Gasteiger partial charge in [0, 0.05) is 0 Å². The van der Waals surface area contributed by atoms with Crippen LogP contribution in [-0.2, 0) is 20.9 Å². The van der Waals surface area contributed by atoms with Crippen LogP contribution in [0, 0.1) is 29.6 Å². The zero-order valence-corrected chi connectivity index (χ0v) is 21.3. The molecule has 1 aliphatic carbocycles. The summed E-state index contributed by atoms with van der Waals surface area (Å²) >= 11 is 0. The second-order valence-electron chi connectivity index (χ2n) is 10.4. The Morgan fingerprint density at radius 2 is 1.92 bits per heavy atom. The van der Waals surface area contributed by atoms with Gasteiger partial charge in [-0.2, -0.15) is 10.4 Å². The van der Waals surface area contributed by atoms with Gasteiger partial charge in [-0.05, 0) is 56.1 Å². The molecule has 2 aromatic rings. The summed E-state index contributed by atoms with van der Waals surface area (Å²) in [6.07, 6.45) is 3.89. The maximum atomic E-state index is 13.2. The minimum atomic E-state index is -0.936. The molecule has 0 atom stereocenters. The van der Waals surface area contributed by atoms with E-state index in [-0.39, 0.29) is 17.9 Å². The number of para-hydroxylation sites is 1. The third kappa shape index (κ3) is 4.60. The lowest BCUT2D eigenvalue weighted by Crippen LogP contribution is -2.51. The average Bonchev–Trinajstić information content (AvgIpc) is 3.31. The molecule has 0 unspecified atom stereocenters. The van der Waals surface area contributed by atoms with Gasteiger partial charge in [0.2, 0.25) is 0 Å². The van der Waals surface area contributed by atoms with Crippen molar-refractivity contribution in [1.29, 1.82) is 5.26 Å². The van der Waals surface area contributed by atoms with E-state index in [1.807, 2.05) is 30.3 Å². The Bertz CT molecular complexity index is 1200. The number of nitrogens with zero attached hydrogens (tertiary/aromatic N) is 4. The average molecular weight is 492 g/mol. The first-order valence-electron chi connectivity index (χ1n) is 12.5. The van der Waals surface area contributed by atoms with Crippen molar-refractivity contribution < 1.29 is 19.1 Å². The molecule has 2 fully saturated rings. The van der Waals surface area contributed by atoms with Gasteiger partial charge >= 0.3 is 12.0 Å². The van der Waals surface area contributed by atoms with Crippen LogP contribution in [0.4, 0.5) is 4.79 Å². The number of urea groups is 1. The first-order chi connectivity index (χ1) is 17.1. The predicted molar refractivity (Wildman–Crippen MR) is 132 cm³/mol. The molecular formula is C27H33N5O4. The molecule has 2 aliphatic rings. The van der Waals surface area contributed by atoms with Crippen LogP contribution in [-0.4, -0.2) is 44.7 Å². The fourth-order valence-corrected chi connectivity index (χ4v) is 5.30. The summed E-state index contributed by atoms with van der Waals surface area (Å²) in [6.45, 7) is 7.70. The number of carbonyl (C=O) groups excluding carboxylic acids is 3. The van der Waals surface area contributed by atoms with Gasteiger partial charge in [-0.25, -0.2) is 9.48 Å². The van der Waals surface area contributed by atoms with Gasteiger partial charge < -0.3 is 10.1 Å². The number of carbonyl (C=O) groups is 3. The lowest BCUT2D eigenvalue weighted by atomic mass is 9.65. The van der Waals surface area contributed by atoms with Crippen LogP contribution < -0.4 is 5.32 Å². The second kappa shape index (κ2) is 9.76. The van der Waals surface area contributed by atoms with Crippen molar-refractivity contribution >= 4 is 17.9 Å². The minimum absolute atomic E-state index is 0.184. The topological polar surface area (TPSA) is 117 Å². The molecule has 2 heterocycles. The largest absolute Gasteiger partial charge is 0.458 e. The van der Waals surface area contributed by atoms with E-state index in [1.54, 1.807) is 11.6 Å². The third-order valence-corrected chi connectivity index (χ3v) is 8.03. The minimum Gasteiger partial charge on any atom is -0.458 e. The maximum Gasteiger partial charge on any atom is 0.326 e. The molecule has 1 aromatic carbocycles. The lowest BCUT2D eigenvalue weighted by Gasteiger charge is -2.42. The molecular weight excluding hydrogens is 458 g/mol. The van der Waals surface area contributed by atoms with E-state index in [2.05, 4.69) is 37.3 Å². The number of nitrogens with one attached hydrogen (secondary N) is 1. The van der Waals surface area contributed by atoms with Crippen LogP contribution in [0.15, 0.2) is 30.3 Å². The van der Waals surface area contributed by atoms with Crippen LogP contribution in [0.25, 0.3) is 5.69 Å². The van der Waals surface area contributed by atoms with Crippen molar-refractivity contribution in [3.8, 4) is 11.8 Å². The number of esters is 1. The van der Waals surface area contributed by atoms with Crippen LogP contribution in [0.1, 0.15) is 69.8 Å². The Morgan fingerprint density at radius 1 is 1.25 bits per heavy atom. The summed E-state index contributed by atoms with van der Waals surface area (Å²) in [5.41, 5.74) is 1.25. The van der Waals surface area contributed by atoms with Crippen molar-refractivity contribution in [1.82, 2.24) is 20.0 Å². The monoisotopic (exact) mass is 491 g/mol. The fourth-order valence-electron chi connectivity index (χ4n) is 5.30. The number of benzene rings is 1. The Balaban J connectivity index is 1.42. The number of aromatic nitrogens is 2. The molecule has 1 saturated carbocycles. The van der Waals surface area contributed by atoms with Crippen molar-refractivity contribution in [3.05, 3.63) is 47.3 Å². The first kappa shape index (κ1) is 25.4. The van der Waals surface area contributed by atoms with Crippen molar-refractivity contribution in [2.75, 3.05) is 6.54 Å². The van der Waals surface area contributed by atoms with Crippen molar-refractivity contribution in [2.45, 2.75) is 71.9 Å². The summed E-state index contributed by atoms with van der Waals surface area (Å²) in [4.78, 5) is 39.6. The van der Waals surface area contributed by atoms with Crippen LogP contribution in [0.5, 0.6) is 0 Å². The molecule has 1 N–H and O–H groups in total. The van der Waals surface area contributed by atoms with Gasteiger partial charge in [-0.15, -0.1) is 0 Å². The zero-order valence-electron chi connectivity index (χ0n) is 21.3. The molecule has 9 heteroatoms. The number of amides is 3. The highest BCUT2D eigenvalue weighted by atomic mass is 16.5. The van der Waals surface area contributed by atoms with Crippen molar-refractivity contribution in [3.63, 3.8) is 0 Å². The Morgan fingerprint density at radius 3 is 2.53 bits per heavy atom. The van der Waals surface area contributed by atoms with Gasteiger partial charge in [-0.3, -0.25) is 14.5 Å². The maximum absolute atomic E-state index is 13.2. The van der Waals surface area contributed by atoms with E-state index >= 15 is 0 Å². The highest BCUT2D eigenvalue weighted by Gasteiger charge is 2.53. The van der Waals surface area contributed by atoms with Crippen molar-refractivity contribution in [2.24, 2.45) is 11.3 Å². The van der Waals surface area contributed by atoms with E-state index in [0.29, 0.717) is 35.7 Å². The molecule has 190 valence electrons. The van der Waals surface area contributed by atoms with E-state index in [4.69, 9.17) is 4.74 Å². The summed E-state index contributed by atoms with van der Waals surface area (Å²) in [5, 5.41) is 16.9. The third-order valence-electron chi connectivity index (χ3n) is 8.03. The molecule has 9 nitrogen and oxygen atoms in total. The second-order valence-corrected chi connectivity index (χ2v) is 10.4. The SMILES string of the molecule is CCC(C)(C)C1CCC2(CC1)NC(=O)N(CC(=O)OCc1c(C#N)c(C)nn1-c1ccccc1)C2=O. The molecule has 36 heavy (non-hydrogen) atoms. The van der Waals surface area contributed by atoms with Gasteiger partial charge in [0.25, 0.3) is 5.91 Å². The van der Waals surface area contributed by atoms with Gasteiger partial charge in [0.1, 0.15) is 30.3 Å². The molecule has 3 amide bonds. The first-order valence-corrected chi connectivity index (χ1v) is 12.5. The number of nitriles is 1. The number of ether oxygens (including phenoxy) is 1. The lowest BCUT2D eigenvalue weighted by molar-refractivity contribution is -0.149. The Hall–Kier alpha value is -3.67. The fraction of sp³-hybridized carbons (Fsp3) is 0.519. The molecule has 0 radical (unpaired) electrons. The zero-order chi connectivity index (χ0) is 26.1. The molecule has 1 aromatic heterocycles. The summed E-state index contributed by atoms with van der Waals surface area (Å²) in [7, 11) is 0. The number of rotatable bonds is 7. The summed E-state index contributed by atoms with van der Waals surface area (Å²) < 4.78 is 7.00. The molecule has 1 aliphatic heterocycles. The number of hydrogen-bond donors (Lipinski definition) is 1. The Kier molecular flexibility index (Phi) is 6.90. The van der Waals surface area contributed by atoms with Gasteiger partial charge in [0.05, 0.1) is 17.1 Å². The van der Waals surface area contributed by atoms with E-state index in [0.717, 1.165) is 29.8 Å². The van der Waals surface area contributed by atoms with Crippen LogP contribution in [0.2, 0.25) is 0 Å². The van der Waals surface area contributed by atoms with E-state index in [1.165, 1.54) is 0 Å². The molecule has 4 rings (SSSR count). The standard InChI is InChI=1S/C27H33N5O4/c1-5-26(3,4)19-11-13-27(14-12-19)24(34)31(25(35)29-27)16-23(33)36-17-22-21(15-28)18(2)30-32(22)20-9-7-6-8-10-20/h6-10,19H,5,11-14,16-17H2,1-4H3,(H,29,35). The quantitative estimate of drug-likeness (QED) is 0.462. The predicted octanol–water partition coefficient (Wildman–Crippen LogP) is 4.01. The van der Waals surface area contributed by atoms with Crippen LogP contribution in [0.3, 0.4) is 0 Å². The van der Waals surface area contributed by atoms with Crippen LogP contribution >= 0.6 is 0 Å². The van der Waals surface area contributed by atoms with Gasteiger partial charge in [0.15, 0.2) is 0 Å². The molecule has 1 saturated heterocycles. The summed E-state index contributed by atoms with van der Waals surface area (Å²) in [6, 6.07) is 10.8. The number of hydrogen-bond acceptors (Lipinski definition) is 6. The molecule has 1 spiro atoms. The highest BCUT2D eigenvalue weighted by molar-refractivity contribution is 6.08. The van der Waals surface area contributed by atoms with Gasteiger partial charge in [-0.1, -0.05) is 45.4 Å². The highest BCUT2D eigenvalue weighted by Crippen LogP contribution is 2.45. The van der Waals surface area contributed by atoms with E-state index in [9.17, 15) is 19.6 Å². The van der Waals surface area contributed by atoms with E-state index < -0.39 is 24.1 Å². The Labute approximate surface area is 211 Å². The normalized spacial score (nSPS) is 22.0. The number of imide groups is 1.